The van der Waals surface area contributed by atoms with E-state index in [9.17, 15) is 4.79 Å². The molecule has 1 N–H and O–H groups in total. The normalized spacial score (nSPS) is 9.67. The molecule has 0 aliphatic rings. The second-order valence-electron chi connectivity index (χ2n) is 3.18. The SMILES string of the molecule is CC(C)NC(C)C.CCC(=O)Cl. The van der Waals surface area contributed by atoms with Crippen molar-refractivity contribution >= 4 is 16.8 Å². The first-order chi connectivity index (χ1) is 5.40. The van der Waals surface area contributed by atoms with Gasteiger partial charge in [-0.15, -0.1) is 0 Å². The van der Waals surface area contributed by atoms with Crippen LogP contribution in [0.1, 0.15) is 41.0 Å². The zero-order chi connectivity index (χ0) is 10.1. The number of carbonyl (C=O) groups is 1. The van der Waals surface area contributed by atoms with Crippen LogP contribution in [0.3, 0.4) is 0 Å². The summed E-state index contributed by atoms with van der Waals surface area (Å²) in [6.45, 7) is 10.3. The number of nitrogens with one attached hydrogen (secondary N) is 1. The molecular formula is C9H20ClNO. The molecule has 12 heavy (non-hydrogen) atoms. The Morgan fingerprint density at radius 1 is 1.25 bits per heavy atom. The predicted octanol–water partition coefficient (Wildman–Crippen LogP) is 2.55. The maximum Gasteiger partial charge on any atom is 0.221 e. The van der Waals surface area contributed by atoms with Gasteiger partial charge < -0.3 is 5.32 Å². The molecule has 0 aromatic rings. The molecule has 3 heteroatoms. The third-order valence-electron chi connectivity index (χ3n) is 0.945. The summed E-state index contributed by atoms with van der Waals surface area (Å²) in [4.78, 5) is 9.58. The molecule has 0 rings (SSSR count). The zero-order valence-electron chi connectivity index (χ0n) is 8.65. The lowest BCUT2D eigenvalue weighted by atomic mass is 10.3. The highest BCUT2D eigenvalue weighted by Crippen LogP contribution is 1.81. The zero-order valence-corrected chi connectivity index (χ0v) is 9.40. The van der Waals surface area contributed by atoms with Crippen molar-refractivity contribution in [1.82, 2.24) is 5.32 Å². The minimum absolute atomic E-state index is 0.273. The number of rotatable bonds is 3. The molecule has 0 bridgehead atoms. The average molecular weight is 194 g/mol. The maximum atomic E-state index is 9.58. The average Bonchev–Trinajstić information content (AvgIpc) is 1.85. The van der Waals surface area contributed by atoms with Gasteiger partial charge in [0.1, 0.15) is 0 Å². The summed E-state index contributed by atoms with van der Waals surface area (Å²) < 4.78 is 0. The van der Waals surface area contributed by atoms with Crippen LogP contribution < -0.4 is 5.32 Å². The molecule has 0 radical (unpaired) electrons. The predicted molar refractivity (Wildman–Crippen MR) is 54.6 cm³/mol. The van der Waals surface area contributed by atoms with Crippen molar-refractivity contribution < 1.29 is 4.79 Å². The van der Waals surface area contributed by atoms with Gasteiger partial charge in [-0.2, -0.15) is 0 Å². The van der Waals surface area contributed by atoms with Gasteiger partial charge in [0.05, 0.1) is 0 Å². The van der Waals surface area contributed by atoms with Crippen LogP contribution in [-0.4, -0.2) is 17.3 Å². The Hall–Kier alpha value is -0.0800. The molecule has 0 heterocycles. The minimum Gasteiger partial charge on any atom is -0.312 e. The fraction of sp³-hybridized carbons (Fsp3) is 0.889. The molecule has 0 aromatic carbocycles. The molecule has 0 aliphatic carbocycles. The summed E-state index contributed by atoms with van der Waals surface area (Å²) in [6.07, 6.45) is 0.432. The van der Waals surface area contributed by atoms with Crippen molar-refractivity contribution in [3.8, 4) is 0 Å². The van der Waals surface area contributed by atoms with Crippen LogP contribution in [0.2, 0.25) is 0 Å². The highest BCUT2D eigenvalue weighted by molar-refractivity contribution is 6.63. The van der Waals surface area contributed by atoms with Crippen LogP contribution in [0.4, 0.5) is 0 Å². The van der Waals surface area contributed by atoms with Crippen molar-refractivity contribution in [2.45, 2.75) is 53.1 Å². The second-order valence-corrected chi connectivity index (χ2v) is 3.61. The molecule has 0 spiro atoms. The lowest BCUT2D eigenvalue weighted by Crippen LogP contribution is -2.29. The van der Waals surface area contributed by atoms with Crippen molar-refractivity contribution in [1.29, 1.82) is 0 Å². The minimum atomic E-state index is -0.273. The van der Waals surface area contributed by atoms with Gasteiger partial charge in [-0.1, -0.05) is 34.6 Å². The Kier molecular flexibility index (Phi) is 10.8. The van der Waals surface area contributed by atoms with Gasteiger partial charge in [0.15, 0.2) is 0 Å². The molecular weight excluding hydrogens is 174 g/mol. The van der Waals surface area contributed by atoms with Gasteiger partial charge >= 0.3 is 0 Å². The fourth-order valence-electron chi connectivity index (χ4n) is 0.667. The first kappa shape index (κ1) is 14.4. The van der Waals surface area contributed by atoms with Gasteiger partial charge in [-0.05, 0) is 11.6 Å². The smallest absolute Gasteiger partial charge is 0.221 e. The second kappa shape index (κ2) is 9.01. The summed E-state index contributed by atoms with van der Waals surface area (Å²) in [5, 5.41) is 3.03. The summed E-state index contributed by atoms with van der Waals surface area (Å²) in [5.74, 6) is 0. The lowest BCUT2D eigenvalue weighted by molar-refractivity contribution is -0.111. The topological polar surface area (TPSA) is 29.1 Å². The van der Waals surface area contributed by atoms with Crippen molar-refractivity contribution in [2.75, 3.05) is 0 Å². The molecule has 0 fully saturated rings. The van der Waals surface area contributed by atoms with Gasteiger partial charge in [0.25, 0.3) is 0 Å². The quantitative estimate of drug-likeness (QED) is 0.699. The van der Waals surface area contributed by atoms with Crippen LogP contribution in [0.5, 0.6) is 0 Å². The van der Waals surface area contributed by atoms with E-state index in [1.54, 1.807) is 6.92 Å². The first-order valence-corrected chi connectivity index (χ1v) is 4.72. The number of carbonyl (C=O) groups excluding carboxylic acids is 1. The monoisotopic (exact) mass is 193 g/mol. The Balaban J connectivity index is 0. The van der Waals surface area contributed by atoms with Gasteiger partial charge in [-0.25, -0.2) is 0 Å². The van der Waals surface area contributed by atoms with E-state index in [1.807, 2.05) is 0 Å². The van der Waals surface area contributed by atoms with Crippen LogP contribution in [0.25, 0.3) is 0 Å². The highest BCUT2D eigenvalue weighted by Gasteiger charge is 1.92. The molecule has 0 amide bonds. The maximum absolute atomic E-state index is 9.58. The van der Waals surface area contributed by atoms with E-state index in [0.717, 1.165) is 0 Å². The number of hydrogen-bond acceptors (Lipinski definition) is 2. The van der Waals surface area contributed by atoms with E-state index >= 15 is 0 Å². The summed E-state index contributed by atoms with van der Waals surface area (Å²) in [6, 6.07) is 1.25. The standard InChI is InChI=1S/C6H15N.C3H5ClO/c1-5(2)7-6(3)4;1-2-3(4)5/h5-7H,1-4H3;2H2,1H3. The van der Waals surface area contributed by atoms with Crippen LogP contribution >= 0.6 is 11.6 Å². The molecule has 0 saturated heterocycles. The third kappa shape index (κ3) is 22.5. The lowest BCUT2D eigenvalue weighted by Gasteiger charge is -2.10. The Labute approximate surface area is 80.7 Å². The van der Waals surface area contributed by atoms with Crippen molar-refractivity contribution in [2.24, 2.45) is 0 Å². The Bertz CT molecular complexity index is 107. The molecule has 0 aliphatic heterocycles. The van der Waals surface area contributed by atoms with Gasteiger partial charge in [0, 0.05) is 18.5 Å². The van der Waals surface area contributed by atoms with Crippen molar-refractivity contribution in [3.05, 3.63) is 0 Å². The summed E-state index contributed by atoms with van der Waals surface area (Å²) in [5.41, 5.74) is 0. The number of halogens is 1. The van der Waals surface area contributed by atoms with Crippen molar-refractivity contribution in [3.63, 3.8) is 0 Å². The molecule has 0 saturated carbocycles. The highest BCUT2D eigenvalue weighted by atomic mass is 35.5. The Morgan fingerprint density at radius 2 is 1.50 bits per heavy atom. The van der Waals surface area contributed by atoms with E-state index in [2.05, 4.69) is 33.0 Å². The van der Waals surface area contributed by atoms with E-state index in [4.69, 9.17) is 11.6 Å². The molecule has 0 atom stereocenters. The third-order valence-corrected chi connectivity index (χ3v) is 1.21. The Morgan fingerprint density at radius 3 is 1.50 bits per heavy atom. The van der Waals surface area contributed by atoms with Gasteiger partial charge in [0.2, 0.25) is 5.24 Å². The fourth-order valence-corrected chi connectivity index (χ4v) is 0.667. The van der Waals surface area contributed by atoms with E-state index in [1.165, 1.54) is 0 Å². The summed E-state index contributed by atoms with van der Waals surface area (Å²) in [7, 11) is 0. The molecule has 2 nitrogen and oxygen atoms in total. The van der Waals surface area contributed by atoms with E-state index < -0.39 is 0 Å². The van der Waals surface area contributed by atoms with Crippen LogP contribution in [-0.2, 0) is 4.79 Å². The van der Waals surface area contributed by atoms with Crippen LogP contribution in [0, 0.1) is 0 Å². The van der Waals surface area contributed by atoms with Crippen LogP contribution in [0.15, 0.2) is 0 Å². The first-order valence-electron chi connectivity index (χ1n) is 4.34. The van der Waals surface area contributed by atoms with Gasteiger partial charge in [-0.3, -0.25) is 4.79 Å². The van der Waals surface area contributed by atoms with E-state index in [-0.39, 0.29) is 5.24 Å². The van der Waals surface area contributed by atoms with E-state index in [0.29, 0.717) is 18.5 Å². The molecule has 0 unspecified atom stereocenters. The molecule has 74 valence electrons. The largest absolute Gasteiger partial charge is 0.312 e. The summed E-state index contributed by atoms with van der Waals surface area (Å²) >= 11 is 4.82. The molecule has 0 aromatic heterocycles. The number of hydrogen-bond donors (Lipinski definition) is 1.